The lowest BCUT2D eigenvalue weighted by atomic mass is 10.2. The number of benzene rings is 1. The number of thioether (sulfide) groups is 1. The van der Waals surface area contributed by atoms with Gasteiger partial charge in [0.25, 0.3) is 5.56 Å². The highest BCUT2D eigenvalue weighted by Gasteiger charge is 2.24. The van der Waals surface area contributed by atoms with Crippen molar-refractivity contribution in [1.82, 2.24) is 14.5 Å². The highest BCUT2D eigenvalue weighted by molar-refractivity contribution is 7.99. The van der Waals surface area contributed by atoms with Crippen molar-refractivity contribution in [2.45, 2.75) is 50.6 Å². The lowest BCUT2D eigenvalue weighted by molar-refractivity contribution is -0.0191. The number of nitrogens with zero attached hydrogens (tertiary/aromatic N) is 3. The topological polar surface area (TPSA) is 56.6 Å². The fraction of sp³-hybridized carbons (Fsp3) is 0.636. The summed E-state index contributed by atoms with van der Waals surface area (Å²) in [4.78, 5) is 20.5. The second-order valence-electron chi connectivity index (χ2n) is 8.42. The van der Waals surface area contributed by atoms with Crippen LogP contribution >= 0.6 is 11.8 Å². The summed E-state index contributed by atoms with van der Waals surface area (Å²) in [5.41, 5.74) is 0.786. The Hall–Kier alpha value is -1.41. The van der Waals surface area contributed by atoms with Crippen LogP contribution in [0, 0.1) is 5.92 Å². The zero-order valence-corrected chi connectivity index (χ0v) is 18.2. The molecule has 0 radical (unpaired) electrons. The summed E-state index contributed by atoms with van der Waals surface area (Å²) in [6.45, 7) is 9.67. The van der Waals surface area contributed by atoms with E-state index in [0.717, 1.165) is 62.1 Å². The summed E-state index contributed by atoms with van der Waals surface area (Å²) < 4.78 is 13.6. The van der Waals surface area contributed by atoms with Crippen molar-refractivity contribution in [3.8, 4) is 0 Å². The van der Waals surface area contributed by atoms with Gasteiger partial charge in [0.1, 0.15) is 0 Å². The lowest BCUT2D eigenvalue weighted by Crippen LogP contribution is -2.45. The molecule has 0 bridgehead atoms. The minimum atomic E-state index is 0.0274. The molecule has 2 saturated heterocycles. The smallest absolute Gasteiger partial charge is 0.262 e. The van der Waals surface area contributed by atoms with Crippen LogP contribution in [-0.4, -0.2) is 65.3 Å². The third kappa shape index (κ3) is 5.20. The zero-order valence-electron chi connectivity index (χ0n) is 17.4. The Labute approximate surface area is 176 Å². The fourth-order valence-corrected chi connectivity index (χ4v) is 5.15. The van der Waals surface area contributed by atoms with Gasteiger partial charge in [0.05, 0.1) is 36.3 Å². The van der Waals surface area contributed by atoms with Crippen molar-refractivity contribution < 1.29 is 9.47 Å². The molecule has 0 spiro atoms. The quantitative estimate of drug-likeness (QED) is 0.510. The predicted molar refractivity (Wildman–Crippen MR) is 117 cm³/mol. The maximum absolute atomic E-state index is 13.2. The van der Waals surface area contributed by atoms with Crippen LogP contribution in [0.5, 0.6) is 0 Å². The number of ether oxygens (including phenoxy) is 2. The van der Waals surface area contributed by atoms with E-state index in [1.54, 1.807) is 11.8 Å². The average Bonchev–Trinajstić information content (AvgIpc) is 3.22. The highest BCUT2D eigenvalue weighted by atomic mass is 32.2. The highest BCUT2D eigenvalue weighted by Crippen LogP contribution is 2.23. The molecule has 6 nitrogen and oxygen atoms in total. The van der Waals surface area contributed by atoms with E-state index < -0.39 is 0 Å². The fourth-order valence-electron chi connectivity index (χ4n) is 4.14. The van der Waals surface area contributed by atoms with Gasteiger partial charge < -0.3 is 9.47 Å². The lowest BCUT2D eigenvalue weighted by Gasteiger charge is -2.33. The van der Waals surface area contributed by atoms with E-state index in [9.17, 15) is 4.79 Å². The SMILES string of the molecule is CC(C)CN1CCO[C@H](CSc2nc3ccccc3c(=O)n2C[C@@H]2CCCO2)C1. The molecule has 1 aromatic heterocycles. The van der Waals surface area contributed by atoms with E-state index in [1.165, 1.54) is 0 Å². The Balaban J connectivity index is 1.53. The molecule has 0 amide bonds. The van der Waals surface area contributed by atoms with Crippen molar-refractivity contribution in [2.24, 2.45) is 5.92 Å². The van der Waals surface area contributed by atoms with Crippen LogP contribution in [0.4, 0.5) is 0 Å². The number of hydrogen-bond donors (Lipinski definition) is 0. The normalized spacial score (nSPS) is 23.3. The average molecular weight is 418 g/mol. The van der Waals surface area contributed by atoms with Crippen LogP contribution in [0.1, 0.15) is 26.7 Å². The Morgan fingerprint density at radius 1 is 1.21 bits per heavy atom. The van der Waals surface area contributed by atoms with Crippen LogP contribution in [-0.2, 0) is 16.0 Å². The number of rotatable bonds is 7. The monoisotopic (exact) mass is 417 g/mol. The van der Waals surface area contributed by atoms with Crippen molar-refractivity contribution in [1.29, 1.82) is 0 Å². The first-order valence-corrected chi connectivity index (χ1v) is 11.7. The molecule has 2 fully saturated rings. The Morgan fingerprint density at radius 3 is 2.83 bits per heavy atom. The summed E-state index contributed by atoms with van der Waals surface area (Å²) in [5.74, 6) is 1.45. The summed E-state index contributed by atoms with van der Waals surface area (Å²) >= 11 is 1.63. The van der Waals surface area contributed by atoms with E-state index in [2.05, 4.69) is 18.7 Å². The molecule has 2 aromatic rings. The molecule has 3 heterocycles. The summed E-state index contributed by atoms with van der Waals surface area (Å²) in [5, 5.41) is 1.45. The molecular formula is C22H31N3O3S. The maximum Gasteiger partial charge on any atom is 0.262 e. The second-order valence-corrected chi connectivity index (χ2v) is 9.41. The first-order valence-electron chi connectivity index (χ1n) is 10.7. The minimum absolute atomic E-state index is 0.0274. The van der Waals surface area contributed by atoms with Crippen molar-refractivity contribution in [2.75, 3.05) is 38.6 Å². The van der Waals surface area contributed by atoms with Crippen molar-refractivity contribution >= 4 is 22.7 Å². The molecule has 2 aliphatic rings. The summed E-state index contributed by atoms with van der Waals surface area (Å²) in [6.07, 6.45) is 2.32. The number of aromatic nitrogens is 2. The van der Waals surface area contributed by atoms with Crippen LogP contribution in [0.3, 0.4) is 0 Å². The largest absolute Gasteiger partial charge is 0.376 e. The van der Waals surface area contributed by atoms with E-state index in [0.29, 0.717) is 17.8 Å². The summed E-state index contributed by atoms with van der Waals surface area (Å²) in [6, 6.07) is 7.60. The Morgan fingerprint density at radius 2 is 2.03 bits per heavy atom. The van der Waals surface area contributed by atoms with Crippen LogP contribution in [0.2, 0.25) is 0 Å². The van der Waals surface area contributed by atoms with Crippen LogP contribution < -0.4 is 5.56 Å². The molecular weight excluding hydrogens is 386 g/mol. The van der Waals surface area contributed by atoms with Gasteiger partial charge in [-0.2, -0.15) is 0 Å². The molecule has 0 aliphatic carbocycles. The standard InChI is InChI=1S/C22H31N3O3S/c1-16(2)12-24-9-11-28-18(13-24)15-29-22-23-20-8-4-3-7-19(20)21(26)25(22)14-17-6-5-10-27-17/h3-4,7-8,16-18H,5-6,9-15H2,1-2H3/t17-,18-/m0/s1. The third-order valence-electron chi connectivity index (χ3n) is 5.48. The number of morpholine rings is 1. The molecule has 2 atom stereocenters. The molecule has 4 rings (SSSR count). The van der Waals surface area contributed by atoms with Gasteiger partial charge >= 0.3 is 0 Å². The van der Waals surface area contributed by atoms with Crippen molar-refractivity contribution in [3.05, 3.63) is 34.6 Å². The van der Waals surface area contributed by atoms with Crippen molar-refractivity contribution in [3.63, 3.8) is 0 Å². The van der Waals surface area contributed by atoms with Gasteiger partial charge in [0, 0.05) is 32.0 Å². The van der Waals surface area contributed by atoms with Gasteiger partial charge in [-0.25, -0.2) is 4.98 Å². The van der Waals surface area contributed by atoms with Crippen LogP contribution in [0.25, 0.3) is 10.9 Å². The van der Waals surface area contributed by atoms with Gasteiger partial charge in [-0.3, -0.25) is 14.3 Å². The zero-order chi connectivity index (χ0) is 20.2. The van der Waals surface area contributed by atoms with E-state index in [1.807, 2.05) is 28.8 Å². The molecule has 0 unspecified atom stereocenters. The molecule has 1 aromatic carbocycles. The number of para-hydroxylation sites is 1. The first kappa shape index (κ1) is 20.8. The number of fused-ring (bicyclic) bond motifs is 1. The first-order chi connectivity index (χ1) is 14.1. The van der Waals surface area contributed by atoms with E-state index >= 15 is 0 Å². The van der Waals surface area contributed by atoms with Gasteiger partial charge in [-0.1, -0.05) is 37.7 Å². The molecule has 29 heavy (non-hydrogen) atoms. The third-order valence-corrected chi connectivity index (χ3v) is 6.59. The van der Waals surface area contributed by atoms with Gasteiger partial charge in [0.2, 0.25) is 0 Å². The maximum atomic E-state index is 13.2. The molecule has 0 saturated carbocycles. The molecule has 0 N–H and O–H groups in total. The predicted octanol–water partition coefficient (Wildman–Crippen LogP) is 3.02. The van der Waals surface area contributed by atoms with Gasteiger partial charge in [-0.05, 0) is 30.9 Å². The van der Waals surface area contributed by atoms with Gasteiger partial charge in [-0.15, -0.1) is 0 Å². The second kappa shape index (κ2) is 9.60. The molecule has 7 heteroatoms. The van der Waals surface area contributed by atoms with E-state index in [4.69, 9.17) is 14.5 Å². The summed E-state index contributed by atoms with van der Waals surface area (Å²) in [7, 11) is 0. The minimum Gasteiger partial charge on any atom is -0.376 e. The number of hydrogen-bond acceptors (Lipinski definition) is 6. The van der Waals surface area contributed by atoms with E-state index in [-0.39, 0.29) is 17.8 Å². The van der Waals surface area contributed by atoms with Gasteiger partial charge in [0.15, 0.2) is 5.16 Å². The van der Waals surface area contributed by atoms with Crippen LogP contribution in [0.15, 0.2) is 34.2 Å². The molecule has 158 valence electrons. The molecule has 2 aliphatic heterocycles. The Kier molecular flexibility index (Phi) is 6.90. The Bertz CT molecular complexity index is 879.